The second kappa shape index (κ2) is 8.55. The van der Waals surface area contributed by atoms with Crippen LogP contribution in [0.4, 0.5) is 5.69 Å². The Morgan fingerprint density at radius 3 is 2.79 bits per heavy atom. The highest BCUT2D eigenvalue weighted by atomic mass is 32.2. The maximum absolute atomic E-state index is 11.7. The van der Waals surface area contributed by atoms with Gasteiger partial charge in [0.1, 0.15) is 0 Å². The van der Waals surface area contributed by atoms with Crippen molar-refractivity contribution in [1.29, 1.82) is 0 Å². The van der Waals surface area contributed by atoms with E-state index in [1.165, 1.54) is 18.9 Å². The van der Waals surface area contributed by atoms with E-state index in [9.17, 15) is 9.59 Å². The summed E-state index contributed by atoms with van der Waals surface area (Å²) in [7, 11) is 1.30. The van der Waals surface area contributed by atoms with Crippen molar-refractivity contribution >= 4 is 29.3 Å². The van der Waals surface area contributed by atoms with E-state index >= 15 is 0 Å². The number of anilines is 1. The molecular formula is C13H17NO4S. The fourth-order valence-corrected chi connectivity index (χ4v) is 2.13. The third-order valence-electron chi connectivity index (χ3n) is 2.29. The zero-order chi connectivity index (χ0) is 14.1. The van der Waals surface area contributed by atoms with Crippen LogP contribution >= 0.6 is 11.8 Å². The number of amides is 1. The lowest BCUT2D eigenvalue weighted by Crippen LogP contribution is -2.17. The predicted molar refractivity (Wildman–Crippen MR) is 75.4 cm³/mol. The highest BCUT2D eigenvalue weighted by molar-refractivity contribution is 7.99. The minimum atomic E-state index is -0.483. The average molecular weight is 283 g/mol. The summed E-state index contributed by atoms with van der Waals surface area (Å²) in [6.45, 7) is 0.125. The summed E-state index contributed by atoms with van der Waals surface area (Å²) in [5.74, 6) is 0.348. The van der Waals surface area contributed by atoms with Crippen molar-refractivity contribution < 1.29 is 19.4 Å². The number of aliphatic hydroxyl groups is 1. The van der Waals surface area contributed by atoms with Crippen molar-refractivity contribution in [1.82, 2.24) is 0 Å². The lowest BCUT2D eigenvalue weighted by atomic mass is 10.2. The number of methoxy groups -OCH3 is 1. The molecule has 0 aliphatic rings. The fourth-order valence-electron chi connectivity index (χ4n) is 1.40. The number of hydrogen-bond donors (Lipinski definition) is 2. The van der Waals surface area contributed by atoms with Gasteiger partial charge in [-0.05, 0) is 24.3 Å². The van der Waals surface area contributed by atoms with Crippen molar-refractivity contribution in [3.63, 3.8) is 0 Å². The lowest BCUT2D eigenvalue weighted by molar-refractivity contribution is -0.113. The molecule has 0 unspecified atom stereocenters. The molecule has 1 aromatic rings. The van der Waals surface area contributed by atoms with Crippen LogP contribution in [0.5, 0.6) is 0 Å². The van der Waals surface area contributed by atoms with Gasteiger partial charge in [0.2, 0.25) is 5.91 Å². The third kappa shape index (κ3) is 5.32. The molecule has 19 heavy (non-hydrogen) atoms. The summed E-state index contributed by atoms with van der Waals surface area (Å²) in [6.07, 6.45) is 0.663. The van der Waals surface area contributed by atoms with E-state index in [0.29, 0.717) is 17.7 Å². The van der Waals surface area contributed by atoms with Crippen LogP contribution in [-0.4, -0.2) is 42.2 Å². The predicted octanol–water partition coefficient (Wildman–Crippen LogP) is 1.53. The second-order valence-electron chi connectivity index (χ2n) is 3.72. The second-order valence-corrected chi connectivity index (χ2v) is 4.82. The van der Waals surface area contributed by atoms with Gasteiger partial charge in [-0.3, -0.25) is 4.79 Å². The molecule has 0 atom stereocenters. The Hall–Kier alpha value is -1.53. The molecule has 2 N–H and O–H groups in total. The molecule has 1 amide bonds. The third-order valence-corrected chi connectivity index (χ3v) is 3.33. The van der Waals surface area contributed by atoms with Gasteiger partial charge in [0.15, 0.2) is 0 Å². The molecule has 0 aliphatic heterocycles. The zero-order valence-electron chi connectivity index (χ0n) is 10.7. The number of carbonyl (C=O) groups excluding carboxylic acids is 2. The number of nitrogens with one attached hydrogen (secondary N) is 1. The van der Waals surface area contributed by atoms with Gasteiger partial charge in [0, 0.05) is 6.61 Å². The van der Waals surface area contributed by atoms with Crippen LogP contribution in [-0.2, 0) is 9.53 Å². The van der Waals surface area contributed by atoms with E-state index in [1.807, 2.05) is 0 Å². The van der Waals surface area contributed by atoms with Gasteiger partial charge in [-0.1, -0.05) is 12.1 Å². The first kappa shape index (κ1) is 15.5. The van der Waals surface area contributed by atoms with Crippen LogP contribution in [0.3, 0.4) is 0 Å². The van der Waals surface area contributed by atoms with Gasteiger partial charge >= 0.3 is 5.97 Å². The Kier molecular flexibility index (Phi) is 6.99. The number of esters is 1. The van der Waals surface area contributed by atoms with E-state index < -0.39 is 5.97 Å². The Balaban J connectivity index is 2.56. The monoisotopic (exact) mass is 283 g/mol. The van der Waals surface area contributed by atoms with Gasteiger partial charge in [0.05, 0.1) is 24.1 Å². The molecule has 0 saturated carbocycles. The minimum Gasteiger partial charge on any atom is -0.465 e. The molecule has 0 bridgehead atoms. The molecule has 104 valence electrons. The van der Waals surface area contributed by atoms with E-state index in [-0.39, 0.29) is 18.3 Å². The maximum Gasteiger partial charge on any atom is 0.339 e. The number of benzene rings is 1. The Bertz CT molecular complexity index is 436. The maximum atomic E-state index is 11.7. The van der Waals surface area contributed by atoms with Gasteiger partial charge in [-0.2, -0.15) is 11.8 Å². The van der Waals surface area contributed by atoms with Crippen molar-refractivity contribution in [2.45, 2.75) is 6.42 Å². The van der Waals surface area contributed by atoms with Crippen LogP contribution in [0.1, 0.15) is 16.8 Å². The fraction of sp³-hybridized carbons (Fsp3) is 0.385. The topological polar surface area (TPSA) is 75.6 Å². The van der Waals surface area contributed by atoms with E-state index in [2.05, 4.69) is 10.1 Å². The quantitative estimate of drug-likeness (QED) is 0.586. The smallest absolute Gasteiger partial charge is 0.339 e. The van der Waals surface area contributed by atoms with Gasteiger partial charge in [-0.15, -0.1) is 0 Å². The van der Waals surface area contributed by atoms with Crippen molar-refractivity contribution in [2.75, 3.05) is 30.5 Å². The van der Waals surface area contributed by atoms with Crippen LogP contribution in [0.15, 0.2) is 24.3 Å². The summed E-state index contributed by atoms with van der Waals surface area (Å²) in [6, 6.07) is 6.70. The highest BCUT2D eigenvalue weighted by Crippen LogP contribution is 2.16. The SMILES string of the molecule is COC(=O)c1ccccc1NC(=O)CSCCCO. The van der Waals surface area contributed by atoms with E-state index in [4.69, 9.17) is 5.11 Å². The molecule has 1 rings (SSSR count). The van der Waals surface area contributed by atoms with Crippen LogP contribution < -0.4 is 5.32 Å². The van der Waals surface area contributed by atoms with Crippen molar-refractivity contribution in [3.05, 3.63) is 29.8 Å². The van der Waals surface area contributed by atoms with Crippen LogP contribution in [0.2, 0.25) is 0 Å². The number of thioether (sulfide) groups is 1. The lowest BCUT2D eigenvalue weighted by Gasteiger charge is -2.09. The first-order valence-electron chi connectivity index (χ1n) is 5.85. The standard InChI is InChI=1S/C13H17NO4S/c1-18-13(17)10-5-2-3-6-11(10)14-12(16)9-19-8-4-7-15/h2-3,5-6,15H,4,7-9H2,1H3,(H,14,16). The number of aliphatic hydroxyl groups excluding tert-OH is 1. The summed E-state index contributed by atoms with van der Waals surface area (Å²) < 4.78 is 4.65. The van der Waals surface area contributed by atoms with Crippen LogP contribution in [0, 0.1) is 0 Å². The summed E-state index contributed by atoms with van der Waals surface area (Å²) in [4.78, 5) is 23.2. The molecule has 1 aromatic carbocycles. The first-order chi connectivity index (χ1) is 9.19. The van der Waals surface area contributed by atoms with Crippen molar-refractivity contribution in [2.24, 2.45) is 0 Å². The molecule has 0 heterocycles. The largest absolute Gasteiger partial charge is 0.465 e. The Morgan fingerprint density at radius 1 is 1.37 bits per heavy atom. The molecule has 0 aliphatic carbocycles. The average Bonchev–Trinajstić information content (AvgIpc) is 2.43. The molecule has 5 nitrogen and oxygen atoms in total. The summed E-state index contributed by atoms with van der Waals surface area (Å²) in [5, 5.41) is 11.3. The number of para-hydroxylation sites is 1. The Labute approximate surface area is 116 Å². The van der Waals surface area contributed by atoms with Gasteiger partial charge in [-0.25, -0.2) is 4.79 Å². The molecular weight excluding hydrogens is 266 g/mol. The molecule has 0 saturated heterocycles. The minimum absolute atomic E-state index is 0.125. The van der Waals surface area contributed by atoms with Crippen LogP contribution in [0.25, 0.3) is 0 Å². The highest BCUT2D eigenvalue weighted by Gasteiger charge is 2.12. The van der Waals surface area contributed by atoms with Crippen molar-refractivity contribution in [3.8, 4) is 0 Å². The summed E-state index contributed by atoms with van der Waals surface area (Å²) in [5.41, 5.74) is 0.779. The molecule has 6 heteroatoms. The van der Waals surface area contributed by atoms with E-state index in [0.717, 1.165) is 5.75 Å². The van der Waals surface area contributed by atoms with Gasteiger partial charge < -0.3 is 15.2 Å². The molecule has 0 fully saturated rings. The number of ether oxygens (including phenoxy) is 1. The zero-order valence-corrected chi connectivity index (χ0v) is 11.5. The number of rotatable bonds is 7. The molecule has 0 radical (unpaired) electrons. The summed E-state index contributed by atoms with van der Waals surface area (Å²) >= 11 is 1.44. The first-order valence-corrected chi connectivity index (χ1v) is 7.00. The number of hydrogen-bond acceptors (Lipinski definition) is 5. The van der Waals surface area contributed by atoms with E-state index in [1.54, 1.807) is 24.3 Å². The molecule has 0 spiro atoms. The number of carbonyl (C=O) groups is 2. The molecule has 0 aromatic heterocycles. The normalized spacial score (nSPS) is 10.0. The Morgan fingerprint density at radius 2 is 2.11 bits per heavy atom. The van der Waals surface area contributed by atoms with Gasteiger partial charge in [0.25, 0.3) is 0 Å².